The van der Waals surface area contributed by atoms with E-state index in [0.29, 0.717) is 5.82 Å². The number of nitrogens with zero attached hydrogens (tertiary/aromatic N) is 3. The molecule has 0 saturated heterocycles. The van der Waals surface area contributed by atoms with Crippen molar-refractivity contribution in [3.05, 3.63) is 11.9 Å². The highest BCUT2D eigenvalue weighted by atomic mass is 15.5. The maximum Gasteiger partial charge on any atom is 0.146 e. The van der Waals surface area contributed by atoms with Gasteiger partial charge in [0.15, 0.2) is 0 Å². The van der Waals surface area contributed by atoms with Crippen molar-refractivity contribution in [1.82, 2.24) is 15.0 Å². The van der Waals surface area contributed by atoms with E-state index in [2.05, 4.69) is 41.6 Å². The van der Waals surface area contributed by atoms with Gasteiger partial charge < -0.3 is 10.9 Å². The van der Waals surface area contributed by atoms with Crippen molar-refractivity contribution in [1.29, 1.82) is 0 Å². The van der Waals surface area contributed by atoms with Crippen LogP contribution in [0.1, 0.15) is 26.6 Å². The fourth-order valence-electron chi connectivity index (χ4n) is 1.14. The van der Waals surface area contributed by atoms with E-state index in [0.717, 1.165) is 11.6 Å². The van der Waals surface area contributed by atoms with Crippen molar-refractivity contribution in [3.8, 4) is 0 Å². The van der Waals surface area contributed by atoms with Crippen molar-refractivity contribution in [3.63, 3.8) is 0 Å². The zero-order valence-electron chi connectivity index (χ0n) is 10.5. The first-order chi connectivity index (χ1) is 7.32. The second-order valence-electron chi connectivity index (χ2n) is 4.86. The zero-order chi connectivity index (χ0) is 12.3. The lowest BCUT2D eigenvalue weighted by atomic mass is 9.96. The Labute approximate surface area is 96.2 Å². The van der Waals surface area contributed by atoms with Crippen LogP contribution in [0.4, 0.5) is 11.6 Å². The molecule has 90 valence electrons. The molecule has 0 aromatic carbocycles. The van der Waals surface area contributed by atoms with Gasteiger partial charge in [-0.3, -0.25) is 0 Å². The van der Waals surface area contributed by atoms with Gasteiger partial charge in [0.1, 0.15) is 17.5 Å². The molecule has 0 fully saturated rings. The smallest absolute Gasteiger partial charge is 0.146 e. The second kappa shape index (κ2) is 4.63. The van der Waals surface area contributed by atoms with Gasteiger partial charge in [-0.25, -0.2) is 20.8 Å². The van der Waals surface area contributed by atoms with Crippen molar-refractivity contribution >= 4 is 11.6 Å². The van der Waals surface area contributed by atoms with Crippen molar-refractivity contribution < 1.29 is 0 Å². The first kappa shape index (κ1) is 12.7. The van der Waals surface area contributed by atoms with Gasteiger partial charge in [-0.15, -0.1) is 0 Å². The summed E-state index contributed by atoms with van der Waals surface area (Å²) in [4.78, 5) is 8.76. The Hall–Kier alpha value is -1.40. The minimum Gasteiger partial charge on any atom is -0.308 e. The van der Waals surface area contributed by atoms with Crippen LogP contribution < -0.4 is 16.7 Å². The van der Waals surface area contributed by atoms with Gasteiger partial charge in [0.2, 0.25) is 0 Å². The second-order valence-corrected chi connectivity index (χ2v) is 4.86. The first-order valence-corrected chi connectivity index (χ1v) is 5.13. The standard InChI is InChI=1S/C10H20N6/c1-10(2,3)9-12-7(14-11)6-8(13-9)15-16(4)5/h6H,11H2,1-5H3,(H2,12,13,14,15). The lowest BCUT2D eigenvalue weighted by molar-refractivity contribution is 0.487. The molecule has 0 atom stereocenters. The van der Waals surface area contributed by atoms with Crippen molar-refractivity contribution in [2.24, 2.45) is 5.84 Å². The predicted molar refractivity (Wildman–Crippen MR) is 65.9 cm³/mol. The molecule has 1 aromatic heterocycles. The molecule has 16 heavy (non-hydrogen) atoms. The summed E-state index contributed by atoms with van der Waals surface area (Å²) in [5.74, 6) is 7.44. The van der Waals surface area contributed by atoms with Gasteiger partial charge in [0, 0.05) is 25.6 Å². The summed E-state index contributed by atoms with van der Waals surface area (Å²) in [5, 5.41) is 1.81. The summed E-state index contributed by atoms with van der Waals surface area (Å²) in [6.45, 7) is 6.17. The molecule has 1 aromatic rings. The Bertz CT molecular complexity index is 355. The molecule has 0 spiro atoms. The molecule has 0 bridgehead atoms. The molecular weight excluding hydrogens is 204 g/mol. The minimum absolute atomic E-state index is 0.115. The Morgan fingerprint density at radius 2 is 1.75 bits per heavy atom. The van der Waals surface area contributed by atoms with Crippen LogP contribution in [0.5, 0.6) is 0 Å². The molecule has 0 aliphatic carbocycles. The number of nitrogen functional groups attached to an aromatic ring is 1. The fourth-order valence-corrected chi connectivity index (χ4v) is 1.14. The van der Waals surface area contributed by atoms with E-state index in [-0.39, 0.29) is 5.41 Å². The normalized spacial score (nSPS) is 11.7. The van der Waals surface area contributed by atoms with Crippen LogP contribution in [-0.4, -0.2) is 29.1 Å². The highest BCUT2D eigenvalue weighted by Crippen LogP contribution is 2.21. The zero-order valence-corrected chi connectivity index (χ0v) is 10.5. The lowest BCUT2D eigenvalue weighted by Crippen LogP contribution is -2.24. The molecule has 1 rings (SSSR count). The summed E-state index contributed by atoms with van der Waals surface area (Å²) in [6, 6.07) is 1.76. The van der Waals surface area contributed by atoms with Crippen molar-refractivity contribution in [2.45, 2.75) is 26.2 Å². The van der Waals surface area contributed by atoms with Gasteiger partial charge in [-0.1, -0.05) is 20.8 Å². The molecular formula is C10H20N6. The van der Waals surface area contributed by atoms with Gasteiger partial charge in [-0.05, 0) is 0 Å². The molecule has 0 aliphatic heterocycles. The quantitative estimate of drug-likeness (QED) is 0.524. The van der Waals surface area contributed by atoms with Crippen LogP contribution in [0.15, 0.2) is 6.07 Å². The van der Waals surface area contributed by atoms with E-state index in [4.69, 9.17) is 5.84 Å². The van der Waals surface area contributed by atoms with Crippen LogP contribution in [0.2, 0.25) is 0 Å². The summed E-state index contributed by atoms with van der Waals surface area (Å²) in [7, 11) is 3.79. The molecule has 6 nitrogen and oxygen atoms in total. The van der Waals surface area contributed by atoms with Gasteiger partial charge in [0.25, 0.3) is 0 Å². The monoisotopic (exact) mass is 224 g/mol. The number of rotatable bonds is 3. The van der Waals surface area contributed by atoms with Crippen LogP contribution in [0, 0.1) is 0 Å². The number of nitrogens with one attached hydrogen (secondary N) is 2. The number of anilines is 2. The van der Waals surface area contributed by atoms with Crippen LogP contribution >= 0.6 is 0 Å². The number of hydrogen-bond donors (Lipinski definition) is 3. The number of hydrazine groups is 2. The Morgan fingerprint density at radius 1 is 1.19 bits per heavy atom. The maximum absolute atomic E-state index is 5.38. The fraction of sp³-hybridized carbons (Fsp3) is 0.600. The van der Waals surface area contributed by atoms with Gasteiger partial charge >= 0.3 is 0 Å². The van der Waals surface area contributed by atoms with Gasteiger partial charge in [-0.2, -0.15) is 0 Å². The molecule has 1 heterocycles. The van der Waals surface area contributed by atoms with E-state index < -0.39 is 0 Å². The molecule has 0 saturated carbocycles. The summed E-state index contributed by atoms with van der Waals surface area (Å²) in [6.07, 6.45) is 0. The average Bonchev–Trinajstić information content (AvgIpc) is 2.14. The minimum atomic E-state index is -0.115. The molecule has 4 N–H and O–H groups in total. The van der Waals surface area contributed by atoms with Crippen LogP contribution in [0.3, 0.4) is 0 Å². The lowest BCUT2D eigenvalue weighted by Gasteiger charge is -2.20. The molecule has 0 radical (unpaired) electrons. The summed E-state index contributed by atoms with van der Waals surface area (Å²) in [5.41, 5.74) is 5.51. The average molecular weight is 224 g/mol. The van der Waals surface area contributed by atoms with Gasteiger partial charge in [0.05, 0.1) is 0 Å². The third kappa shape index (κ3) is 3.32. The number of hydrogen-bond acceptors (Lipinski definition) is 6. The van der Waals surface area contributed by atoms with E-state index >= 15 is 0 Å². The Balaban J connectivity index is 3.11. The molecule has 0 unspecified atom stereocenters. The molecule has 6 heteroatoms. The van der Waals surface area contributed by atoms with E-state index in [1.807, 2.05) is 19.1 Å². The topological polar surface area (TPSA) is 79.1 Å². The van der Waals surface area contributed by atoms with E-state index in [9.17, 15) is 0 Å². The van der Waals surface area contributed by atoms with Crippen LogP contribution in [-0.2, 0) is 5.41 Å². The highest BCUT2D eigenvalue weighted by molar-refractivity contribution is 5.46. The Morgan fingerprint density at radius 3 is 2.19 bits per heavy atom. The highest BCUT2D eigenvalue weighted by Gasteiger charge is 2.19. The van der Waals surface area contributed by atoms with Crippen LogP contribution in [0.25, 0.3) is 0 Å². The number of nitrogens with two attached hydrogens (primary N) is 1. The first-order valence-electron chi connectivity index (χ1n) is 5.13. The van der Waals surface area contributed by atoms with Crippen molar-refractivity contribution in [2.75, 3.05) is 24.9 Å². The molecule has 0 amide bonds. The SMILES string of the molecule is CN(C)Nc1cc(NN)nc(C(C)(C)C)n1. The Kier molecular flexibility index (Phi) is 3.66. The third-order valence-corrected chi connectivity index (χ3v) is 1.88. The predicted octanol–water partition coefficient (Wildman–Crippen LogP) is 0.948. The number of aromatic nitrogens is 2. The largest absolute Gasteiger partial charge is 0.308 e. The van der Waals surface area contributed by atoms with E-state index in [1.54, 1.807) is 6.07 Å². The van der Waals surface area contributed by atoms with E-state index in [1.165, 1.54) is 0 Å². The summed E-state index contributed by atoms with van der Waals surface area (Å²) < 4.78 is 0. The molecule has 0 aliphatic rings. The summed E-state index contributed by atoms with van der Waals surface area (Å²) >= 11 is 0. The third-order valence-electron chi connectivity index (χ3n) is 1.88. The maximum atomic E-state index is 5.38.